The molecule has 0 aliphatic heterocycles. The van der Waals surface area contributed by atoms with Crippen LogP contribution >= 0.6 is 12.2 Å². The molecule has 0 saturated carbocycles. The standard InChI is InChI=1S/C8H9N3OS/c9-7(13)5-11-8(12)6-3-1-2-4-10-6/h1-4H,5H2,(H2,9,13)(H,11,12). The summed E-state index contributed by atoms with van der Waals surface area (Å²) in [6.45, 7) is 0.199. The second-order valence-corrected chi connectivity index (χ2v) is 2.89. The van der Waals surface area contributed by atoms with Gasteiger partial charge in [-0.3, -0.25) is 9.78 Å². The third-order valence-corrected chi connectivity index (χ3v) is 1.47. The Kier molecular flexibility index (Phi) is 3.33. The average molecular weight is 195 g/mol. The molecule has 5 heteroatoms. The summed E-state index contributed by atoms with van der Waals surface area (Å²) in [6.07, 6.45) is 1.55. The van der Waals surface area contributed by atoms with Crippen LogP contribution < -0.4 is 11.1 Å². The molecule has 0 unspecified atom stereocenters. The fourth-order valence-electron chi connectivity index (χ4n) is 0.755. The van der Waals surface area contributed by atoms with Gasteiger partial charge >= 0.3 is 0 Å². The van der Waals surface area contributed by atoms with E-state index in [0.29, 0.717) is 5.69 Å². The summed E-state index contributed by atoms with van der Waals surface area (Å²) >= 11 is 4.61. The number of nitrogens with zero attached hydrogens (tertiary/aromatic N) is 1. The average Bonchev–Trinajstić information content (AvgIpc) is 2.15. The van der Waals surface area contributed by atoms with Gasteiger partial charge in [-0.1, -0.05) is 18.3 Å². The first-order chi connectivity index (χ1) is 6.20. The van der Waals surface area contributed by atoms with Gasteiger partial charge in [0.25, 0.3) is 5.91 Å². The molecule has 1 rings (SSSR count). The maximum atomic E-state index is 11.3. The van der Waals surface area contributed by atoms with Crippen LogP contribution in [0.25, 0.3) is 0 Å². The second-order valence-electron chi connectivity index (χ2n) is 2.36. The molecule has 3 N–H and O–H groups in total. The van der Waals surface area contributed by atoms with Crippen molar-refractivity contribution < 1.29 is 4.79 Å². The molecule has 0 fully saturated rings. The Labute approximate surface area is 81.2 Å². The lowest BCUT2D eigenvalue weighted by atomic mass is 10.3. The Morgan fingerprint density at radius 3 is 2.92 bits per heavy atom. The van der Waals surface area contributed by atoms with Crippen LogP contribution in [0.1, 0.15) is 10.5 Å². The lowest BCUT2D eigenvalue weighted by Crippen LogP contribution is -2.32. The van der Waals surface area contributed by atoms with Gasteiger partial charge in [-0.2, -0.15) is 0 Å². The number of amides is 1. The molecular formula is C8H9N3OS. The van der Waals surface area contributed by atoms with Crippen LogP contribution in [0.15, 0.2) is 24.4 Å². The lowest BCUT2D eigenvalue weighted by Gasteiger charge is -2.01. The number of aromatic nitrogens is 1. The van der Waals surface area contributed by atoms with Gasteiger partial charge in [-0.25, -0.2) is 0 Å². The predicted octanol–water partition coefficient (Wildman–Crippen LogP) is 0.0975. The molecule has 0 aromatic carbocycles. The molecule has 13 heavy (non-hydrogen) atoms. The van der Waals surface area contributed by atoms with Crippen LogP contribution in [0.3, 0.4) is 0 Å². The molecule has 0 saturated heterocycles. The number of nitrogens with one attached hydrogen (secondary N) is 1. The topological polar surface area (TPSA) is 68.0 Å². The first kappa shape index (κ1) is 9.60. The number of rotatable bonds is 3. The van der Waals surface area contributed by atoms with E-state index in [0.717, 1.165) is 0 Å². The van der Waals surface area contributed by atoms with E-state index in [1.54, 1.807) is 24.4 Å². The fourth-order valence-corrected chi connectivity index (χ4v) is 0.827. The Balaban J connectivity index is 2.54. The van der Waals surface area contributed by atoms with Gasteiger partial charge in [0.1, 0.15) is 5.69 Å². The van der Waals surface area contributed by atoms with Crippen molar-refractivity contribution in [1.82, 2.24) is 10.3 Å². The molecule has 1 heterocycles. The molecule has 0 aliphatic carbocycles. The Bertz CT molecular complexity index is 312. The molecule has 68 valence electrons. The largest absolute Gasteiger partial charge is 0.392 e. The van der Waals surface area contributed by atoms with Crippen molar-refractivity contribution in [3.05, 3.63) is 30.1 Å². The molecule has 1 aromatic rings. The van der Waals surface area contributed by atoms with Gasteiger partial charge in [0.05, 0.1) is 11.5 Å². The number of carbonyl (C=O) groups is 1. The highest BCUT2D eigenvalue weighted by molar-refractivity contribution is 7.80. The van der Waals surface area contributed by atoms with Crippen molar-refractivity contribution in [3.8, 4) is 0 Å². The zero-order chi connectivity index (χ0) is 9.68. The van der Waals surface area contributed by atoms with E-state index in [9.17, 15) is 4.79 Å². The number of nitrogens with two attached hydrogens (primary N) is 1. The highest BCUT2D eigenvalue weighted by Gasteiger charge is 2.04. The van der Waals surface area contributed by atoms with E-state index >= 15 is 0 Å². The summed E-state index contributed by atoms with van der Waals surface area (Å²) in [7, 11) is 0. The Hall–Kier alpha value is -1.49. The van der Waals surface area contributed by atoms with Crippen LogP contribution in [0.2, 0.25) is 0 Å². The molecule has 0 atom stereocenters. The van der Waals surface area contributed by atoms with Crippen molar-refractivity contribution in [3.63, 3.8) is 0 Å². The van der Waals surface area contributed by atoms with Crippen molar-refractivity contribution in [2.45, 2.75) is 0 Å². The molecule has 0 aliphatic rings. The fraction of sp³-hybridized carbons (Fsp3) is 0.125. The van der Waals surface area contributed by atoms with Gasteiger partial charge in [-0.15, -0.1) is 0 Å². The Morgan fingerprint density at radius 2 is 2.38 bits per heavy atom. The highest BCUT2D eigenvalue weighted by atomic mass is 32.1. The van der Waals surface area contributed by atoms with Crippen molar-refractivity contribution >= 4 is 23.1 Å². The first-order valence-corrected chi connectivity index (χ1v) is 4.08. The van der Waals surface area contributed by atoms with E-state index in [1.165, 1.54) is 0 Å². The molecule has 0 bridgehead atoms. The van der Waals surface area contributed by atoms with Gasteiger partial charge < -0.3 is 11.1 Å². The van der Waals surface area contributed by atoms with Gasteiger partial charge in [0.15, 0.2) is 0 Å². The normalized spacial score (nSPS) is 9.23. The minimum Gasteiger partial charge on any atom is -0.392 e. The van der Waals surface area contributed by atoms with Gasteiger partial charge in [0, 0.05) is 6.20 Å². The van der Waals surface area contributed by atoms with E-state index in [1.807, 2.05) is 0 Å². The lowest BCUT2D eigenvalue weighted by molar-refractivity contribution is 0.0954. The monoisotopic (exact) mass is 195 g/mol. The van der Waals surface area contributed by atoms with Gasteiger partial charge in [-0.05, 0) is 12.1 Å². The second kappa shape index (κ2) is 4.51. The summed E-state index contributed by atoms with van der Waals surface area (Å²) in [5.74, 6) is -0.270. The minimum absolute atomic E-state index is 0.199. The van der Waals surface area contributed by atoms with E-state index in [4.69, 9.17) is 5.73 Å². The van der Waals surface area contributed by atoms with Crippen LogP contribution in [-0.4, -0.2) is 22.4 Å². The molecular weight excluding hydrogens is 186 g/mol. The van der Waals surface area contributed by atoms with E-state index < -0.39 is 0 Å². The van der Waals surface area contributed by atoms with Crippen LogP contribution in [0, 0.1) is 0 Å². The zero-order valence-corrected chi connectivity index (χ0v) is 7.67. The number of hydrogen-bond acceptors (Lipinski definition) is 3. The smallest absolute Gasteiger partial charge is 0.270 e. The van der Waals surface area contributed by atoms with Gasteiger partial charge in [0.2, 0.25) is 0 Å². The van der Waals surface area contributed by atoms with E-state index in [-0.39, 0.29) is 17.4 Å². The number of thiocarbonyl (C=S) groups is 1. The van der Waals surface area contributed by atoms with Crippen LogP contribution in [0.4, 0.5) is 0 Å². The van der Waals surface area contributed by atoms with Crippen LogP contribution in [0.5, 0.6) is 0 Å². The predicted molar refractivity (Wildman–Crippen MR) is 53.4 cm³/mol. The van der Waals surface area contributed by atoms with Crippen LogP contribution in [-0.2, 0) is 0 Å². The highest BCUT2D eigenvalue weighted by Crippen LogP contribution is 1.91. The molecule has 1 amide bonds. The van der Waals surface area contributed by atoms with Crippen molar-refractivity contribution in [1.29, 1.82) is 0 Å². The van der Waals surface area contributed by atoms with Crippen molar-refractivity contribution in [2.75, 3.05) is 6.54 Å². The summed E-state index contributed by atoms with van der Waals surface area (Å²) < 4.78 is 0. The zero-order valence-electron chi connectivity index (χ0n) is 6.86. The summed E-state index contributed by atoms with van der Waals surface area (Å²) in [5, 5.41) is 2.53. The summed E-state index contributed by atoms with van der Waals surface area (Å²) in [5.41, 5.74) is 5.58. The molecule has 1 aromatic heterocycles. The third-order valence-electron chi connectivity index (χ3n) is 1.32. The minimum atomic E-state index is -0.270. The maximum Gasteiger partial charge on any atom is 0.270 e. The quantitative estimate of drug-likeness (QED) is 0.671. The SMILES string of the molecule is NC(=S)CNC(=O)c1ccccn1. The number of pyridine rings is 1. The molecule has 0 spiro atoms. The third kappa shape index (κ3) is 3.16. The first-order valence-electron chi connectivity index (χ1n) is 3.67. The molecule has 4 nitrogen and oxygen atoms in total. The number of carbonyl (C=O) groups excluding carboxylic acids is 1. The molecule has 0 radical (unpaired) electrons. The van der Waals surface area contributed by atoms with E-state index in [2.05, 4.69) is 22.5 Å². The summed E-state index contributed by atoms with van der Waals surface area (Å²) in [6, 6.07) is 5.10. The van der Waals surface area contributed by atoms with Crippen molar-refractivity contribution in [2.24, 2.45) is 5.73 Å². The Morgan fingerprint density at radius 1 is 1.62 bits per heavy atom. The number of hydrogen-bond donors (Lipinski definition) is 2. The maximum absolute atomic E-state index is 11.3. The summed E-state index contributed by atoms with van der Waals surface area (Å²) in [4.78, 5) is 15.4.